The van der Waals surface area contributed by atoms with Crippen LogP contribution in [0.1, 0.15) is 29.9 Å². The minimum atomic E-state index is 0.477. The third-order valence-electron chi connectivity index (χ3n) is 2.33. The number of thiazole rings is 1. The lowest BCUT2D eigenvalue weighted by atomic mass is 10.3. The Labute approximate surface area is 115 Å². The second-order valence-corrected chi connectivity index (χ2v) is 5.40. The number of nitrogens with zero attached hydrogens (tertiary/aromatic N) is 3. The van der Waals surface area contributed by atoms with Crippen molar-refractivity contribution in [2.75, 3.05) is 5.32 Å². The molecule has 2 aromatic heterocycles. The maximum Gasteiger partial charge on any atom is 0.134 e. The molecule has 2 rings (SSSR count). The van der Waals surface area contributed by atoms with Gasteiger partial charge in [0.25, 0.3) is 0 Å². The molecule has 0 bridgehead atoms. The number of aromatic nitrogens is 3. The van der Waals surface area contributed by atoms with Crippen LogP contribution < -0.4 is 5.32 Å². The Balaban J connectivity index is 2.04. The molecule has 0 spiro atoms. The second kappa shape index (κ2) is 6.11. The van der Waals surface area contributed by atoms with Crippen molar-refractivity contribution >= 4 is 28.8 Å². The van der Waals surface area contributed by atoms with E-state index in [0.29, 0.717) is 11.7 Å². The van der Waals surface area contributed by atoms with Crippen LogP contribution in [-0.4, -0.2) is 15.0 Å². The quantitative estimate of drug-likeness (QED) is 0.853. The molecule has 1 N–H and O–H groups in total. The van der Waals surface area contributed by atoms with E-state index in [1.54, 1.807) is 17.4 Å². The number of nitrogens with one attached hydrogen (secondary N) is 1. The average molecular weight is 283 g/mol. The van der Waals surface area contributed by atoms with Crippen LogP contribution in [0.15, 0.2) is 11.4 Å². The van der Waals surface area contributed by atoms with E-state index in [1.807, 2.05) is 12.3 Å². The maximum atomic E-state index is 5.97. The van der Waals surface area contributed by atoms with Crippen LogP contribution in [0.2, 0.25) is 5.15 Å². The van der Waals surface area contributed by atoms with Crippen molar-refractivity contribution in [1.29, 1.82) is 0 Å². The number of hydrogen-bond acceptors (Lipinski definition) is 5. The maximum absolute atomic E-state index is 5.97. The Bertz CT molecular complexity index is 527. The predicted octanol–water partition coefficient (Wildman–Crippen LogP) is 3.46. The van der Waals surface area contributed by atoms with E-state index < -0.39 is 0 Å². The lowest BCUT2D eigenvalue weighted by molar-refractivity contribution is 0.833. The Morgan fingerprint density at radius 3 is 2.83 bits per heavy atom. The summed E-state index contributed by atoms with van der Waals surface area (Å²) in [6.45, 7) is 4.74. The number of hydrogen-bond donors (Lipinski definition) is 1. The molecular formula is C12H15ClN4S. The molecule has 0 amide bonds. The molecule has 2 heterocycles. The highest BCUT2D eigenvalue weighted by molar-refractivity contribution is 7.09. The van der Waals surface area contributed by atoms with Crippen LogP contribution in [0.5, 0.6) is 0 Å². The molecule has 0 aliphatic rings. The molecule has 0 unspecified atom stereocenters. The molecule has 0 fully saturated rings. The van der Waals surface area contributed by atoms with Gasteiger partial charge in [-0.05, 0) is 13.3 Å². The number of rotatable bonds is 5. The molecule has 0 aliphatic heterocycles. The van der Waals surface area contributed by atoms with Crippen LogP contribution in [0.3, 0.4) is 0 Å². The van der Waals surface area contributed by atoms with Gasteiger partial charge in [-0.2, -0.15) is 0 Å². The van der Waals surface area contributed by atoms with E-state index in [4.69, 9.17) is 11.6 Å². The molecule has 4 nitrogen and oxygen atoms in total. The number of aryl methyl sites for hydroxylation is 2. The summed E-state index contributed by atoms with van der Waals surface area (Å²) >= 11 is 7.61. The molecule has 96 valence electrons. The van der Waals surface area contributed by atoms with E-state index in [1.165, 1.54) is 0 Å². The highest BCUT2D eigenvalue weighted by Crippen LogP contribution is 2.14. The van der Waals surface area contributed by atoms with Gasteiger partial charge in [-0.1, -0.05) is 18.5 Å². The monoisotopic (exact) mass is 282 g/mol. The molecule has 6 heteroatoms. The fraction of sp³-hybridized carbons (Fsp3) is 0.417. The standard InChI is InChI=1S/C12H15ClN4S/c1-3-4-11-16-10(13)5-12(17-11)14-6-9-7-18-8(2)15-9/h5,7H,3-4,6H2,1-2H3,(H,14,16,17). The molecule has 2 aromatic rings. The molecule has 0 aliphatic carbocycles. The highest BCUT2D eigenvalue weighted by Gasteiger charge is 2.04. The van der Waals surface area contributed by atoms with E-state index in [-0.39, 0.29) is 0 Å². The Hall–Kier alpha value is -1.20. The van der Waals surface area contributed by atoms with Crippen molar-refractivity contribution in [2.24, 2.45) is 0 Å². The normalized spacial score (nSPS) is 10.6. The summed E-state index contributed by atoms with van der Waals surface area (Å²) in [5.41, 5.74) is 1.02. The third-order valence-corrected chi connectivity index (χ3v) is 3.35. The minimum absolute atomic E-state index is 0.477. The number of halogens is 1. The van der Waals surface area contributed by atoms with Gasteiger partial charge in [0.1, 0.15) is 16.8 Å². The van der Waals surface area contributed by atoms with Gasteiger partial charge in [-0.3, -0.25) is 0 Å². The van der Waals surface area contributed by atoms with E-state index >= 15 is 0 Å². The first kappa shape index (κ1) is 13.2. The SMILES string of the molecule is CCCc1nc(Cl)cc(NCc2csc(C)n2)n1. The molecule has 0 saturated carbocycles. The molecular weight excluding hydrogens is 268 g/mol. The summed E-state index contributed by atoms with van der Waals surface area (Å²) in [5, 5.41) is 6.81. The van der Waals surface area contributed by atoms with Crippen LogP contribution >= 0.6 is 22.9 Å². The van der Waals surface area contributed by atoms with Gasteiger partial charge in [0.05, 0.1) is 17.2 Å². The fourth-order valence-corrected chi connectivity index (χ4v) is 2.37. The van der Waals surface area contributed by atoms with Crippen molar-refractivity contribution in [3.8, 4) is 0 Å². The lowest BCUT2D eigenvalue weighted by Crippen LogP contribution is -2.05. The van der Waals surface area contributed by atoms with Gasteiger partial charge in [-0.15, -0.1) is 11.3 Å². The van der Waals surface area contributed by atoms with Crippen molar-refractivity contribution < 1.29 is 0 Å². The zero-order valence-electron chi connectivity index (χ0n) is 10.4. The van der Waals surface area contributed by atoms with Crippen LogP contribution in [-0.2, 0) is 13.0 Å². The first-order valence-corrected chi connectivity index (χ1v) is 7.11. The Morgan fingerprint density at radius 1 is 1.33 bits per heavy atom. The molecule has 0 radical (unpaired) electrons. The van der Waals surface area contributed by atoms with Gasteiger partial charge < -0.3 is 5.32 Å². The summed E-state index contributed by atoms with van der Waals surface area (Å²) in [4.78, 5) is 13.0. The second-order valence-electron chi connectivity index (χ2n) is 3.95. The predicted molar refractivity (Wildman–Crippen MR) is 75.2 cm³/mol. The van der Waals surface area contributed by atoms with Crippen LogP contribution in [0.25, 0.3) is 0 Å². The summed E-state index contributed by atoms with van der Waals surface area (Å²) in [5.74, 6) is 1.53. The minimum Gasteiger partial charge on any atom is -0.364 e. The van der Waals surface area contributed by atoms with Gasteiger partial charge >= 0.3 is 0 Å². The summed E-state index contributed by atoms with van der Waals surface area (Å²) in [6, 6.07) is 1.74. The fourth-order valence-electron chi connectivity index (χ4n) is 1.56. The van der Waals surface area contributed by atoms with Crippen molar-refractivity contribution in [3.05, 3.63) is 33.1 Å². The van der Waals surface area contributed by atoms with Gasteiger partial charge in [0.15, 0.2) is 0 Å². The highest BCUT2D eigenvalue weighted by atomic mass is 35.5. The Morgan fingerprint density at radius 2 is 2.17 bits per heavy atom. The van der Waals surface area contributed by atoms with Crippen LogP contribution in [0, 0.1) is 6.92 Å². The molecule has 18 heavy (non-hydrogen) atoms. The van der Waals surface area contributed by atoms with E-state index in [2.05, 4.69) is 27.2 Å². The van der Waals surface area contributed by atoms with Crippen molar-refractivity contribution in [3.63, 3.8) is 0 Å². The largest absolute Gasteiger partial charge is 0.364 e. The van der Waals surface area contributed by atoms with Gasteiger partial charge in [0.2, 0.25) is 0 Å². The van der Waals surface area contributed by atoms with E-state index in [0.717, 1.165) is 35.2 Å². The first-order valence-electron chi connectivity index (χ1n) is 5.85. The zero-order chi connectivity index (χ0) is 13.0. The topological polar surface area (TPSA) is 50.7 Å². The number of anilines is 1. The summed E-state index contributed by atoms with van der Waals surface area (Å²) in [6.07, 6.45) is 1.84. The van der Waals surface area contributed by atoms with Gasteiger partial charge in [-0.25, -0.2) is 15.0 Å². The van der Waals surface area contributed by atoms with Crippen molar-refractivity contribution in [2.45, 2.75) is 33.2 Å². The molecule has 0 saturated heterocycles. The first-order chi connectivity index (χ1) is 8.67. The van der Waals surface area contributed by atoms with E-state index in [9.17, 15) is 0 Å². The van der Waals surface area contributed by atoms with Crippen molar-refractivity contribution in [1.82, 2.24) is 15.0 Å². The summed E-state index contributed by atoms with van der Waals surface area (Å²) < 4.78 is 0. The molecule has 0 aromatic carbocycles. The Kier molecular flexibility index (Phi) is 4.49. The van der Waals surface area contributed by atoms with Gasteiger partial charge in [0, 0.05) is 17.9 Å². The average Bonchev–Trinajstić information content (AvgIpc) is 2.72. The third kappa shape index (κ3) is 3.65. The van der Waals surface area contributed by atoms with Crippen LogP contribution in [0.4, 0.5) is 5.82 Å². The summed E-state index contributed by atoms with van der Waals surface area (Å²) in [7, 11) is 0. The smallest absolute Gasteiger partial charge is 0.134 e. The zero-order valence-corrected chi connectivity index (χ0v) is 12.0. The lowest BCUT2D eigenvalue weighted by Gasteiger charge is -2.06. The molecule has 0 atom stereocenters.